The summed E-state index contributed by atoms with van der Waals surface area (Å²) >= 11 is 0. The molecule has 0 aromatic carbocycles. The first-order chi connectivity index (χ1) is 4.33. The summed E-state index contributed by atoms with van der Waals surface area (Å²) in [5.74, 6) is 0.346. The van der Waals surface area contributed by atoms with Crippen molar-refractivity contribution in [1.29, 1.82) is 0 Å². The van der Waals surface area contributed by atoms with E-state index < -0.39 is 0 Å². The molecule has 1 aliphatic heterocycles. The van der Waals surface area contributed by atoms with Gasteiger partial charge in [-0.25, -0.2) is 0 Å². The zero-order valence-electron chi connectivity index (χ0n) is 5.39. The van der Waals surface area contributed by atoms with Gasteiger partial charge in [0.05, 0.1) is 0 Å². The Hall–Kier alpha value is -0.630. The third-order valence-corrected chi connectivity index (χ3v) is 1.54. The Bertz CT molecular complexity index is 131. The molecule has 9 heavy (non-hydrogen) atoms. The highest BCUT2D eigenvalue weighted by Gasteiger charge is 2.14. The van der Waals surface area contributed by atoms with Gasteiger partial charge in [0.15, 0.2) is 0 Å². The molecule has 1 fully saturated rings. The van der Waals surface area contributed by atoms with Gasteiger partial charge in [0.1, 0.15) is 5.78 Å². The summed E-state index contributed by atoms with van der Waals surface area (Å²) in [4.78, 5) is 10.7. The quantitative estimate of drug-likeness (QED) is 0.517. The van der Waals surface area contributed by atoms with Gasteiger partial charge < -0.3 is 5.32 Å². The Balaban J connectivity index is 2.40. The molecule has 0 radical (unpaired) electrons. The molecule has 0 bridgehead atoms. The molecule has 1 saturated heterocycles. The van der Waals surface area contributed by atoms with Crippen LogP contribution in [0.15, 0.2) is 12.7 Å². The maximum Gasteiger partial charge on any atom is 0.136 e. The summed E-state index contributed by atoms with van der Waals surface area (Å²) in [6.07, 6.45) is 3.10. The van der Waals surface area contributed by atoms with Crippen molar-refractivity contribution >= 4 is 5.78 Å². The van der Waals surface area contributed by atoms with E-state index in [1.807, 2.05) is 0 Å². The number of carbonyl (C=O) groups is 1. The summed E-state index contributed by atoms with van der Waals surface area (Å²) in [7, 11) is 0. The van der Waals surface area contributed by atoms with Crippen molar-refractivity contribution in [1.82, 2.24) is 5.32 Å². The smallest absolute Gasteiger partial charge is 0.136 e. The Labute approximate surface area is 54.9 Å². The number of nitrogens with one attached hydrogen (secondary N) is 1. The highest BCUT2D eigenvalue weighted by Crippen LogP contribution is 2.02. The summed E-state index contributed by atoms with van der Waals surface area (Å²) < 4.78 is 0. The van der Waals surface area contributed by atoms with Crippen molar-refractivity contribution in [2.24, 2.45) is 0 Å². The summed E-state index contributed by atoms with van der Waals surface area (Å²) in [5.41, 5.74) is 0. The fraction of sp³-hybridized carbons (Fsp3) is 0.571. The van der Waals surface area contributed by atoms with E-state index in [0.29, 0.717) is 18.6 Å². The lowest BCUT2D eigenvalue weighted by Crippen LogP contribution is -2.36. The minimum absolute atomic E-state index is 0.228. The molecule has 1 rings (SSSR count). The number of hydrogen-bond donors (Lipinski definition) is 1. The third-order valence-electron chi connectivity index (χ3n) is 1.54. The lowest BCUT2D eigenvalue weighted by Gasteiger charge is -2.18. The van der Waals surface area contributed by atoms with Gasteiger partial charge in [0.25, 0.3) is 0 Å². The van der Waals surface area contributed by atoms with E-state index in [9.17, 15) is 4.79 Å². The van der Waals surface area contributed by atoms with Crippen LogP contribution >= 0.6 is 0 Å². The molecule has 1 heterocycles. The third kappa shape index (κ3) is 1.64. The van der Waals surface area contributed by atoms with Crippen molar-refractivity contribution in [3.63, 3.8) is 0 Å². The molecule has 1 atom stereocenters. The van der Waals surface area contributed by atoms with Gasteiger partial charge in [-0.3, -0.25) is 4.79 Å². The standard InChI is InChI=1S/C7H11NO/c1-2-6-5-7(9)3-4-8-6/h2,6,8H,1,3-5H2. The second-order valence-electron chi connectivity index (χ2n) is 2.29. The van der Waals surface area contributed by atoms with Crippen LogP contribution in [0.5, 0.6) is 0 Å². The maximum absolute atomic E-state index is 10.7. The molecule has 2 heteroatoms. The molecule has 0 amide bonds. The molecule has 0 aromatic rings. The number of hydrogen-bond acceptors (Lipinski definition) is 2. The molecule has 1 unspecified atom stereocenters. The first kappa shape index (κ1) is 6.49. The fourth-order valence-electron chi connectivity index (χ4n) is 0.983. The van der Waals surface area contributed by atoms with Gasteiger partial charge in [0, 0.05) is 25.4 Å². The maximum atomic E-state index is 10.7. The summed E-state index contributed by atoms with van der Waals surface area (Å²) in [6.45, 7) is 4.42. The van der Waals surface area contributed by atoms with Crippen molar-refractivity contribution < 1.29 is 4.79 Å². The molecule has 0 aliphatic carbocycles. The van der Waals surface area contributed by atoms with Gasteiger partial charge in [-0.2, -0.15) is 0 Å². The molecular formula is C7H11NO. The highest BCUT2D eigenvalue weighted by molar-refractivity contribution is 5.80. The summed E-state index contributed by atoms with van der Waals surface area (Å²) in [5, 5.41) is 3.16. The molecule has 0 saturated carbocycles. The molecule has 2 nitrogen and oxygen atoms in total. The van der Waals surface area contributed by atoms with E-state index in [0.717, 1.165) is 6.54 Å². The van der Waals surface area contributed by atoms with Crippen molar-refractivity contribution in [3.8, 4) is 0 Å². The zero-order valence-corrected chi connectivity index (χ0v) is 5.39. The number of rotatable bonds is 1. The monoisotopic (exact) mass is 125 g/mol. The van der Waals surface area contributed by atoms with Crippen LogP contribution in [0.3, 0.4) is 0 Å². The number of Topliss-reactive ketones (excluding diaryl/α,β-unsaturated/α-hetero) is 1. The van der Waals surface area contributed by atoms with E-state index in [1.54, 1.807) is 6.08 Å². The second-order valence-corrected chi connectivity index (χ2v) is 2.29. The Kier molecular flexibility index (Phi) is 2.01. The predicted octanol–water partition coefficient (Wildman–Crippen LogP) is 0.493. The molecule has 0 aromatic heterocycles. The van der Waals surface area contributed by atoms with Crippen molar-refractivity contribution in [2.45, 2.75) is 18.9 Å². The lowest BCUT2D eigenvalue weighted by molar-refractivity contribution is -0.120. The Morgan fingerprint density at radius 2 is 2.56 bits per heavy atom. The average Bonchev–Trinajstić information content (AvgIpc) is 1.88. The van der Waals surface area contributed by atoms with Crippen LogP contribution in [-0.2, 0) is 4.79 Å². The van der Waals surface area contributed by atoms with Crippen LogP contribution in [0.25, 0.3) is 0 Å². The van der Waals surface area contributed by atoms with Gasteiger partial charge in [-0.15, -0.1) is 6.58 Å². The molecular weight excluding hydrogens is 114 g/mol. The molecule has 1 aliphatic rings. The van der Waals surface area contributed by atoms with E-state index in [1.165, 1.54) is 0 Å². The van der Waals surface area contributed by atoms with Gasteiger partial charge >= 0.3 is 0 Å². The first-order valence-corrected chi connectivity index (χ1v) is 3.20. The molecule has 1 N–H and O–H groups in total. The van der Waals surface area contributed by atoms with Crippen LogP contribution < -0.4 is 5.32 Å². The summed E-state index contributed by atoms with van der Waals surface area (Å²) in [6, 6.07) is 0.228. The van der Waals surface area contributed by atoms with Crippen LogP contribution in [0.2, 0.25) is 0 Å². The number of ketones is 1. The van der Waals surface area contributed by atoms with Gasteiger partial charge in [-0.05, 0) is 0 Å². The number of piperidine rings is 1. The molecule has 0 spiro atoms. The first-order valence-electron chi connectivity index (χ1n) is 3.20. The van der Waals surface area contributed by atoms with Crippen LogP contribution in [0.1, 0.15) is 12.8 Å². The van der Waals surface area contributed by atoms with E-state index >= 15 is 0 Å². The van der Waals surface area contributed by atoms with E-state index in [4.69, 9.17) is 0 Å². The van der Waals surface area contributed by atoms with Crippen LogP contribution in [0, 0.1) is 0 Å². The predicted molar refractivity (Wildman–Crippen MR) is 36.2 cm³/mol. The normalized spacial score (nSPS) is 28.0. The molecule has 50 valence electrons. The Morgan fingerprint density at radius 1 is 1.78 bits per heavy atom. The van der Waals surface area contributed by atoms with E-state index in [-0.39, 0.29) is 6.04 Å². The SMILES string of the molecule is C=CC1CC(=O)CCN1. The second kappa shape index (κ2) is 2.78. The lowest BCUT2D eigenvalue weighted by atomic mass is 10.0. The number of carbonyl (C=O) groups excluding carboxylic acids is 1. The highest BCUT2D eigenvalue weighted by atomic mass is 16.1. The Morgan fingerprint density at radius 3 is 3.00 bits per heavy atom. The van der Waals surface area contributed by atoms with Crippen LogP contribution in [0.4, 0.5) is 0 Å². The average molecular weight is 125 g/mol. The topological polar surface area (TPSA) is 29.1 Å². The van der Waals surface area contributed by atoms with Crippen molar-refractivity contribution in [2.75, 3.05) is 6.54 Å². The van der Waals surface area contributed by atoms with Gasteiger partial charge in [0.2, 0.25) is 0 Å². The van der Waals surface area contributed by atoms with E-state index in [2.05, 4.69) is 11.9 Å². The van der Waals surface area contributed by atoms with Crippen LogP contribution in [-0.4, -0.2) is 18.4 Å². The minimum atomic E-state index is 0.228. The minimum Gasteiger partial charge on any atom is -0.310 e. The largest absolute Gasteiger partial charge is 0.310 e. The fourth-order valence-corrected chi connectivity index (χ4v) is 0.983. The zero-order chi connectivity index (χ0) is 6.69. The van der Waals surface area contributed by atoms with Crippen molar-refractivity contribution in [3.05, 3.63) is 12.7 Å². The van der Waals surface area contributed by atoms with Gasteiger partial charge in [-0.1, -0.05) is 6.08 Å².